The number of carbonyl (C=O) groups excluding carboxylic acids is 1. The lowest BCUT2D eigenvalue weighted by atomic mass is 10.2. The van der Waals surface area contributed by atoms with Crippen molar-refractivity contribution in [3.05, 3.63) is 60.1 Å². The fraction of sp³-hybridized carbons (Fsp3) is 0.200. The lowest BCUT2D eigenvalue weighted by molar-refractivity contribution is 0.0946. The van der Waals surface area contributed by atoms with Gasteiger partial charge < -0.3 is 9.32 Å². The number of hydrogen-bond donors (Lipinski definition) is 1. The Morgan fingerprint density at radius 3 is 2.60 bits per heavy atom. The van der Waals surface area contributed by atoms with Crippen LogP contribution in [0.5, 0.6) is 0 Å². The van der Waals surface area contributed by atoms with Crippen molar-refractivity contribution in [3.63, 3.8) is 0 Å². The van der Waals surface area contributed by atoms with Crippen LogP contribution in [0.4, 0.5) is 0 Å². The molecule has 0 aliphatic rings. The Bertz CT molecular complexity index is 567. The molecule has 0 radical (unpaired) electrons. The molecule has 1 aromatic heterocycles. The van der Waals surface area contributed by atoms with Crippen molar-refractivity contribution < 1.29 is 9.21 Å². The molecule has 4 nitrogen and oxygen atoms in total. The predicted octanol–water partition coefficient (Wildman–Crippen LogP) is 2.82. The van der Waals surface area contributed by atoms with Gasteiger partial charge in [0, 0.05) is 13.1 Å². The molecule has 0 unspecified atom stereocenters. The van der Waals surface area contributed by atoms with Gasteiger partial charge in [0.05, 0.1) is 6.26 Å². The molecule has 0 saturated carbocycles. The van der Waals surface area contributed by atoms with Crippen molar-refractivity contribution in [1.82, 2.24) is 10.2 Å². The van der Waals surface area contributed by atoms with Crippen molar-refractivity contribution in [2.24, 2.45) is 0 Å². The van der Waals surface area contributed by atoms with Crippen molar-refractivity contribution in [2.45, 2.75) is 13.5 Å². The first-order valence-electron chi connectivity index (χ1n) is 6.38. The van der Waals surface area contributed by atoms with Crippen LogP contribution < -0.4 is 5.32 Å². The Morgan fingerprint density at radius 1 is 1.25 bits per heavy atom. The molecule has 1 aromatic carbocycles. The molecule has 0 saturated heterocycles. The first-order valence-corrected chi connectivity index (χ1v) is 6.79. The number of carbonyl (C=O) groups is 1. The third-order valence-corrected chi connectivity index (χ3v) is 3.21. The van der Waals surface area contributed by atoms with E-state index < -0.39 is 0 Å². The van der Waals surface area contributed by atoms with Gasteiger partial charge in [-0.05, 0) is 36.8 Å². The Morgan fingerprint density at radius 2 is 2.00 bits per heavy atom. The van der Waals surface area contributed by atoms with E-state index in [0.29, 0.717) is 18.2 Å². The molecule has 0 bridgehead atoms. The molecule has 104 valence electrons. The number of hydrogen-bond acceptors (Lipinski definition) is 3. The van der Waals surface area contributed by atoms with Gasteiger partial charge >= 0.3 is 0 Å². The average Bonchev–Trinajstić information content (AvgIpc) is 3.00. The van der Waals surface area contributed by atoms with Gasteiger partial charge in [0.25, 0.3) is 5.91 Å². The van der Waals surface area contributed by atoms with Crippen LogP contribution >= 0.6 is 12.2 Å². The molecule has 0 aliphatic heterocycles. The second-order valence-corrected chi connectivity index (χ2v) is 4.62. The largest absolute Gasteiger partial charge is 0.459 e. The van der Waals surface area contributed by atoms with Crippen molar-refractivity contribution in [2.75, 3.05) is 6.54 Å². The zero-order valence-corrected chi connectivity index (χ0v) is 12.0. The molecule has 2 aromatic rings. The highest BCUT2D eigenvalue weighted by molar-refractivity contribution is 7.80. The molecule has 0 fully saturated rings. The van der Waals surface area contributed by atoms with E-state index in [0.717, 1.165) is 5.56 Å². The summed E-state index contributed by atoms with van der Waals surface area (Å²) in [4.78, 5) is 13.8. The summed E-state index contributed by atoms with van der Waals surface area (Å²) in [6.07, 6.45) is 1.46. The van der Waals surface area contributed by atoms with E-state index in [-0.39, 0.29) is 11.7 Å². The number of amides is 1. The first-order chi connectivity index (χ1) is 9.70. The fourth-order valence-electron chi connectivity index (χ4n) is 1.78. The summed E-state index contributed by atoms with van der Waals surface area (Å²) >= 11 is 5.28. The quantitative estimate of drug-likeness (QED) is 0.879. The van der Waals surface area contributed by atoms with E-state index in [1.165, 1.54) is 6.26 Å². The van der Waals surface area contributed by atoms with Gasteiger partial charge in [0.15, 0.2) is 10.9 Å². The molecule has 1 amide bonds. The minimum absolute atomic E-state index is 0.253. The average molecular weight is 288 g/mol. The number of benzene rings is 1. The van der Waals surface area contributed by atoms with E-state index in [1.807, 2.05) is 42.2 Å². The summed E-state index contributed by atoms with van der Waals surface area (Å²) in [6, 6.07) is 13.3. The third kappa shape index (κ3) is 3.68. The molecule has 5 heteroatoms. The molecule has 2 rings (SSSR count). The van der Waals surface area contributed by atoms with Crippen LogP contribution in [-0.2, 0) is 6.54 Å². The molecular formula is C15H16N2O2S. The van der Waals surface area contributed by atoms with Crippen LogP contribution in [0.1, 0.15) is 23.0 Å². The smallest absolute Gasteiger partial charge is 0.293 e. The monoisotopic (exact) mass is 288 g/mol. The molecule has 1 heterocycles. The second kappa shape index (κ2) is 6.86. The maximum absolute atomic E-state index is 11.9. The van der Waals surface area contributed by atoms with Gasteiger partial charge in [-0.1, -0.05) is 30.3 Å². The number of nitrogens with one attached hydrogen (secondary N) is 1. The first kappa shape index (κ1) is 14.3. The van der Waals surface area contributed by atoms with E-state index in [2.05, 4.69) is 5.32 Å². The predicted molar refractivity (Wildman–Crippen MR) is 81.3 cm³/mol. The van der Waals surface area contributed by atoms with Crippen molar-refractivity contribution >= 4 is 23.2 Å². The van der Waals surface area contributed by atoms with Crippen LogP contribution in [0, 0.1) is 0 Å². The Labute approximate surface area is 123 Å². The summed E-state index contributed by atoms with van der Waals surface area (Å²) in [7, 11) is 0. The zero-order chi connectivity index (χ0) is 14.4. The lowest BCUT2D eigenvalue weighted by Crippen LogP contribution is -2.42. The maximum atomic E-state index is 11.9. The lowest BCUT2D eigenvalue weighted by Gasteiger charge is -2.23. The molecular weight excluding hydrogens is 272 g/mol. The molecule has 0 aliphatic carbocycles. The molecule has 20 heavy (non-hydrogen) atoms. The Kier molecular flexibility index (Phi) is 4.90. The molecule has 0 spiro atoms. The van der Waals surface area contributed by atoms with E-state index in [1.54, 1.807) is 12.1 Å². The van der Waals surface area contributed by atoms with Gasteiger partial charge in [-0.25, -0.2) is 0 Å². The van der Waals surface area contributed by atoms with E-state index >= 15 is 0 Å². The highest BCUT2D eigenvalue weighted by Crippen LogP contribution is 2.05. The Hall–Kier alpha value is -2.14. The normalized spacial score (nSPS) is 10.1. The van der Waals surface area contributed by atoms with Crippen LogP contribution in [0.3, 0.4) is 0 Å². The van der Waals surface area contributed by atoms with E-state index in [9.17, 15) is 4.79 Å². The van der Waals surface area contributed by atoms with Gasteiger partial charge in [0.1, 0.15) is 0 Å². The minimum atomic E-state index is -0.327. The minimum Gasteiger partial charge on any atom is -0.459 e. The highest BCUT2D eigenvalue weighted by Gasteiger charge is 2.14. The van der Waals surface area contributed by atoms with Gasteiger partial charge in [-0.3, -0.25) is 10.1 Å². The van der Waals surface area contributed by atoms with Crippen LogP contribution in [0.2, 0.25) is 0 Å². The third-order valence-electron chi connectivity index (χ3n) is 2.85. The van der Waals surface area contributed by atoms with Crippen LogP contribution in [0.25, 0.3) is 0 Å². The van der Waals surface area contributed by atoms with Gasteiger partial charge in [0.2, 0.25) is 0 Å². The number of nitrogens with zero attached hydrogens (tertiary/aromatic N) is 1. The summed E-state index contributed by atoms with van der Waals surface area (Å²) in [5, 5.41) is 3.08. The molecule has 1 N–H and O–H groups in total. The van der Waals surface area contributed by atoms with Gasteiger partial charge in [-0.15, -0.1) is 0 Å². The summed E-state index contributed by atoms with van der Waals surface area (Å²) in [5.74, 6) is -0.0744. The van der Waals surface area contributed by atoms with E-state index in [4.69, 9.17) is 16.6 Å². The number of furan rings is 1. The van der Waals surface area contributed by atoms with Crippen LogP contribution in [0.15, 0.2) is 53.1 Å². The standard InChI is InChI=1S/C15H16N2O2S/c1-2-17(11-12-7-4-3-5-8-12)15(20)16-14(18)13-9-6-10-19-13/h3-10H,2,11H2,1H3,(H,16,18,20). The van der Waals surface area contributed by atoms with Gasteiger partial charge in [-0.2, -0.15) is 0 Å². The highest BCUT2D eigenvalue weighted by atomic mass is 32.1. The maximum Gasteiger partial charge on any atom is 0.293 e. The summed E-state index contributed by atoms with van der Waals surface area (Å²) in [5.41, 5.74) is 1.14. The Balaban J connectivity index is 1.97. The topological polar surface area (TPSA) is 45.5 Å². The second-order valence-electron chi connectivity index (χ2n) is 4.24. The number of thiocarbonyl (C=S) groups is 1. The fourth-order valence-corrected chi connectivity index (χ4v) is 2.06. The van der Waals surface area contributed by atoms with Crippen molar-refractivity contribution in [1.29, 1.82) is 0 Å². The zero-order valence-electron chi connectivity index (χ0n) is 11.2. The number of rotatable bonds is 4. The van der Waals surface area contributed by atoms with Crippen molar-refractivity contribution in [3.8, 4) is 0 Å². The van der Waals surface area contributed by atoms with Crippen LogP contribution in [-0.4, -0.2) is 22.5 Å². The summed E-state index contributed by atoms with van der Waals surface area (Å²) in [6.45, 7) is 3.37. The molecule has 0 atom stereocenters. The summed E-state index contributed by atoms with van der Waals surface area (Å²) < 4.78 is 5.04. The SMILES string of the molecule is CCN(Cc1ccccc1)C(=S)NC(=O)c1ccco1.